The molecule has 4 heteroatoms. The second-order valence-corrected chi connectivity index (χ2v) is 7.19. The third kappa shape index (κ3) is 3.32. The van der Waals surface area contributed by atoms with E-state index in [-0.39, 0.29) is 11.5 Å². The third-order valence-electron chi connectivity index (χ3n) is 4.36. The molecule has 0 atom stereocenters. The fourth-order valence-electron chi connectivity index (χ4n) is 3.12. The second-order valence-electron chi connectivity index (χ2n) is 6.14. The van der Waals surface area contributed by atoms with Crippen LogP contribution in [0.4, 0.5) is 0 Å². The van der Waals surface area contributed by atoms with E-state index in [1.54, 1.807) is 24.3 Å². The highest BCUT2D eigenvalue weighted by atomic mass is 32.1. The predicted molar refractivity (Wildman–Crippen MR) is 110 cm³/mol. The fourth-order valence-corrected chi connectivity index (χ4v) is 4.36. The summed E-state index contributed by atoms with van der Waals surface area (Å²) < 4.78 is 6.36. The topological polar surface area (TPSA) is 46.5 Å². The van der Waals surface area contributed by atoms with Gasteiger partial charge in [-0.1, -0.05) is 30.3 Å². The summed E-state index contributed by atoms with van der Waals surface area (Å²) in [6, 6.07) is 22.3. The molecule has 1 aromatic heterocycles. The first-order chi connectivity index (χ1) is 13.2. The summed E-state index contributed by atoms with van der Waals surface area (Å²) >= 11 is 1.52. The Morgan fingerprint density at radius 1 is 1.00 bits per heavy atom. The molecule has 3 nitrogen and oxygen atoms in total. The van der Waals surface area contributed by atoms with Gasteiger partial charge in [0.2, 0.25) is 0 Å². The first-order valence-corrected chi connectivity index (χ1v) is 9.57. The Morgan fingerprint density at radius 3 is 2.44 bits per heavy atom. The zero-order valence-electron chi connectivity index (χ0n) is 14.8. The molecule has 0 bridgehead atoms. The second kappa shape index (κ2) is 7.25. The van der Waals surface area contributed by atoms with Gasteiger partial charge in [0.15, 0.2) is 5.78 Å². The summed E-state index contributed by atoms with van der Waals surface area (Å²) in [6.45, 7) is 2.52. The van der Waals surface area contributed by atoms with Crippen molar-refractivity contribution in [2.45, 2.75) is 6.92 Å². The number of fused-ring (bicyclic) bond motifs is 1. The molecule has 0 aliphatic heterocycles. The highest BCUT2D eigenvalue weighted by Crippen LogP contribution is 2.41. The molecule has 0 unspecified atom stereocenters. The van der Waals surface area contributed by atoms with Gasteiger partial charge in [-0.3, -0.25) is 4.79 Å². The zero-order valence-corrected chi connectivity index (χ0v) is 15.6. The number of carbonyl (C=O) groups excluding carboxylic acids is 1. The van der Waals surface area contributed by atoms with Gasteiger partial charge in [0.05, 0.1) is 6.61 Å². The monoisotopic (exact) mass is 374 g/mol. The Labute approximate surface area is 161 Å². The lowest BCUT2D eigenvalue weighted by Crippen LogP contribution is -2.02. The van der Waals surface area contributed by atoms with Gasteiger partial charge in [0.25, 0.3) is 0 Å². The number of benzene rings is 3. The quantitative estimate of drug-likeness (QED) is 0.442. The van der Waals surface area contributed by atoms with Crippen LogP contribution < -0.4 is 4.74 Å². The highest BCUT2D eigenvalue weighted by molar-refractivity contribution is 7.22. The lowest BCUT2D eigenvalue weighted by atomic mass is 9.97. The maximum Gasteiger partial charge on any atom is 0.195 e. The Morgan fingerprint density at radius 2 is 1.74 bits per heavy atom. The van der Waals surface area contributed by atoms with E-state index in [1.165, 1.54) is 11.3 Å². The average Bonchev–Trinajstić information content (AvgIpc) is 3.07. The zero-order chi connectivity index (χ0) is 18.8. The van der Waals surface area contributed by atoms with Gasteiger partial charge >= 0.3 is 0 Å². The van der Waals surface area contributed by atoms with Crippen molar-refractivity contribution in [3.05, 3.63) is 83.9 Å². The number of ether oxygens (including phenoxy) is 1. The van der Waals surface area contributed by atoms with Crippen LogP contribution in [0.5, 0.6) is 11.5 Å². The first-order valence-electron chi connectivity index (χ1n) is 8.76. The van der Waals surface area contributed by atoms with Crippen LogP contribution in [0.25, 0.3) is 20.5 Å². The lowest BCUT2D eigenvalue weighted by Gasteiger charge is -2.07. The van der Waals surface area contributed by atoms with Crippen LogP contribution in [0.1, 0.15) is 22.8 Å². The Bertz CT molecular complexity index is 1100. The minimum atomic E-state index is -0.0335. The number of aromatic hydroxyl groups is 1. The SMILES string of the molecule is CCOc1ccc(C(=O)c2c(-c3ccccc3)sc3cc(O)ccc23)cc1. The smallest absolute Gasteiger partial charge is 0.195 e. The first kappa shape index (κ1) is 17.3. The molecule has 0 amide bonds. The molecule has 0 aliphatic rings. The molecule has 4 aromatic rings. The molecule has 27 heavy (non-hydrogen) atoms. The standard InChI is InChI=1S/C23H18O3S/c1-2-26-18-11-8-15(9-12-18)22(25)21-19-13-10-17(24)14-20(19)27-23(21)16-6-4-3-5-7-16/h3-14,24H,2H2,1H3. The van der Waals surface area contributed by atoms with Gasteiger partial charge in [0, 0.05) is 26.1 Å². The molecule has 0 saturated carbocycles. The average molecular weight is 374 g/mol. The number of ketones is 1. The van der Waals surface area contributed by atoms with E-state index < -0.39 is 0 Å². The van der Waals surface area contributed by atoms with Crippen molar-refractivity contribution in [1.82, 2.24) is 0 Å². The third-order valence-corrected chi connectivity index (χ3v) is 5.57. The Balaban J connectivity index is 1.87. The number of hydrogen-bond donors (Lipinski definition) is 1. The van der Waals surface area contributed by atoms with Crippen molar-refractivity contribution in [1.29, 1.82) is 0 Å². The van der Waals surface area contributed by atoms with Crippen molar-refractivity contribution in [2.24, 2.45) is 0 Å². The van der Waals surface area contributed by atoms with Crippen LogP contribution in [0.15, 0.2) is 72.8 Å². The van der Waals surface area contributed by atoms with Crippen LogP contribution in [0, 0.1) is 0 Å². The summed E-state index contributed by atoms with van der Waals surface area (Å²) in [5.41, 5.74) is 2.28. The van der Waals surface area contributed by atoms with E-state index >= 15 is 0 Å². The molecule has 0 fully saturated rings. The normalized spacial score (nSPS) is 10.9. The van der Waals surface area contributed by atoms with Crippen molar-refractivity contribution in [3.63, 3.8) is 0 Å². The van der Waals surface area contributed by atoms with E-state index in [4.69, 9.17) is 4.74 Å². The summed E-state index contributed by atoms with van der Waals surface area (Å²) in [5, 5.41) is 10.7. The summed E-state index contributed by atoms with van der Waals surface area (Å²) in [7, 11) is 0. The van der Waals surface area contributed by atoms with Crippen LogP contribution >= 0.6 is 11.3 Å². The van der Waals surface area contributed by atoms with Gasteiger partial charge in [0.1, 0.15) is 11.5 Å². The molecule has 1 heterocycles. The number of phenols is 1. The minimum absolute atomic E-state index is 0.0335. The molecule has 3 aromatic carbocycles. The number of phenolic OH excluding ortho intramolecular Hbond substituents is 1. The van der Waals surface area contributed by atoms with Crippen molar-refractivity contribution in [3.8, 4) is 21.9 Å². The Hall–Kier alpha value is -3.11. The number of hydrogen-bond acceptors (Lipinski definition) is 4. The highest BCUT2D eigenvalue weighted by Gasteiger charge is 2.21. The van der Waals surface area contributed by atoms with Gasteiger partial charge in [-0.2, -0.15) is 0 Å². The molecule has 134 valence electrons. The van der Waals surface area contributed by atoms with Gasteiger partial charge in [-0.05, 0) is 55.0 Å². The van der Waals surface area contributed by atoms with E-state index in [0.29, 0.717) is 17.7 Å². The Kier molecular flexibility index (Phi) is 4.65. The summed E-state index contributed by atoms with van der Waals surface area (Å²) in [6.07, 6.45) is 0. The van der Waals surface area contributed by atoms with Crippen LogP contribution in [0.2, 0.25) is 0 Å². The van der Waals surface area contributed by atoms with E-state index in [9.17, 15) is 9.90 Å². The van der Waals surface area contributed by atoms with E-state index in [1.807, 2.05) is 55.5 Å². The molecule has 1 N–H and O–H groups in total. The fraction of sp³-hybridized carbons (Fsp3) is 0.0870. The molecule has 0 aliphatic carbocycles. The van der Waals surface area contributed by atoms with E-state index in [2.05, 4.69) is 0 Å². The number of thiophene rings is 1. The molecule has 0 radical (unpaired) electrons. The number of rotatable bonds is 5. The molecule has 4 rings (SSSR count). The van der Waals surface area contributed by atoms with E-state index in [0.717, 1.165) is 26.3 Å². The van der Waals surface area contributed by atoms with Crippen molar-refractivity contribution in [2.75, 3.05) is 6.61 Å². The van der Waals surface area contributed by atoms with Gasteiger partial charge in [-0.25, -0.2) is 0 Å². The van der Waals surface area contributed by atoms with Gasteiger partial charge < -0.3 is 9.84 Å². The maximum absolute atomic E-state index is 13.4. The molecular formula is C23H18O3S. The molecule has 0 spiro atoms. The van der Waals surface area contributed by atoms with Crippen LogP contribution in [-0.2, 0) is 0 Å². The van der Waals surface area contributed by atoms with Crippen molar-refractivity contribution < 1.29 is 14.6 Å². The van der Waals surface area contributed by atoms with Crippen LogP contribution in [-0.4, -0.2) is 17.5 Å². The predicted octanol–water partition coefficient (Wildman–Crippen LogP) is 5.90. The summed E-state index contributed by atoms with van der Waals surface area (Å²) in [4.78, 5) is 14.3. The largest absolute Gasteiger partial charge is 0.508 e. The maximum atomic E-state index is 13.4. The number of carbonyl (C=O) groups is 1. The molecule has 0 saturated heterocycles. The van der Waals surface area contributed by atoms with Crippen molar-refractivity contribution >= 4 is 27.2 Å². The summed E-state index contributed by atoms with van der Waals surface area (Å²) in [5.74, 6) is 0.912. The minimum Gasteiger partial charge on any atom is -0.508 e. The molecular weight excluding hydrogens is 356 g/mol. The van der Waals surface area contributed by atoms with Crippen LogP contribution in [0.3, 0.4) is 0 Å². The van der Waals surface area contributed by atoms with Gasteiger partial charge in [-0.15, -0.1) is 11.3 Å². The lowest BCUT2D eigenvalue weighted by molar-refractivity contribution is 0.104.